The van der Waals surface area contributed by atoms with Crippen LogP contribution in [0, 0.1) is 17.8 Å². The Kier molecular flexibility index (Phi) is 4.69. The van der Waals surface area contributed by atoms with Gasteiger partial charge in [0.25, 0.3) is 0 Å². The lowest BCUT2D eigenvalue weighted by Crippen LogP contribution is -2.44. The van der Waals surface area contributed by atoms with E-state index in [0.717, 1.165) is 32.2 Å². The van der Waals surface area contributed by atoms with Gasteiger partial charge in [0.1, 0.15) is 5.67 Å². The van der Waals surface area contributed by atoms with E-state index in [-0.39, 0.29) is 5.92 Å². The van der Waals surface area contributed by atoms with Crippen molar-refractivity contribution in [3.63, 3.8) is 0 Å². The van der Waals surface area contributed by atoms with Gasteiger partial charge in [-0.3, -0.25) is 0 Å². The van der Waals surface area contributed by atoms with Crippen LogP contribution in [0.1, 0.15) is 65.7 Å². The molecule has 0 aromatic rings. The van der Waals surface area contributed by atoms with E-state index < -0.39 is 5.67 Å². The van der Waals surface area contributed by atoms with Crippen LogP contribution in [0.25, 0.3) is 0 Å². The Balaban J connectivity index is 1.91. The van der Waals surface area contributed by atoms with E-state index in [1.54, 1.807) is 0 Å². The van der Waals surface area contributed by atoms with E-state index in [0.29, 0.717) is 17.9 Å². The van der Waals surface area contributed by atoms with Gasteiger partial charge in [0.05, 0.1) is 0 Å². The van der Waals surface area contributed by atoms with Crippen LogP contribution in [-0.4, -0.2) is 18.3 Å². The van der Waals surface area contributed by atoms with Crippen molar-refractivity contribution < 1.29 is 4.39 Å². The standard InChI is InChI=1S/C16H30FN/c1-12-8-13(2)10-14(9-12)16(3,17)11-15-6-4-5-7-18-15/h12-15,18H,4-11H2,1-3H3. The molecule has 1 nitrogen and oxygen atoms in total. The minimum absolute atomic E-state index is 0.278. The maximum absolute atomic E-state index is 15.1. The van der Waals surface area contributed by atoms with Crippen molar-refractivity contribution in [1.82, 2.24) is 5.32 Å². The zero-order chi connectivity index (χ0) is 13.2. The van der Waals surface area contributed by atoms with Crippen molar-refractivity contribution in [2.45, 2.75) is 77.4 Å². The normalized spacial score (nSPS) is 41.3. The average Bonchev–Trinajstić information content (AvgIpc) is 2.28. The number of rotatable bonds is 3. The summed E-state index contributed by atoms with van der Waals surface area (Å²) in [6.45, 7) is 7.52. The number of piperidine rings is 1. The first-order valence-corrected chi connectivity index (χ1v) is 7.89. The molecule has 1 saturated heterocycles. The van der Waals surface area contributed by atoms with Crippen molar-refractivity contribution in [3.8, 4) is 0 Å². The predicted octanol–water partition coefficient (Wildman–Crippen LogP) is 4.32. The molecule has 2 fully saturated rings. The van der Waals surface area contributed by atoms with Crippen molar-refractivity contribution in [3.05, 3.63) is 0 Å². The fraction of sp³-hybridized carbons (Fsp3) is 1.00. The fourth-order valence-corrected chi connectivity index (χ4v) is 4.19. The molecule has 2 aliphatic rings. The van der Waals surface area contributed by atoms with Crippen molar-refractivity contribution in [2.75, 3.05) is 6.54 Å². The van der Waals surface area contributed by atoms with Crippen LogP contribution in [0.4, 0.5) is 4.39 Å². The Morgan fingerprint density at radius 3 is 2.33 bits per heavy atom. The first-order valence-electron chi connectivity index (χ1n) is 7.89. The summed E-state index contributed by atoms with van der Waals surface area (Å²) in [6, 6.07) is 0.418. The van der Waals surface area contributed by atoms with Crippen LogP contribution >= 0.6 is 0 Å². The highest BCUT2D eigenvalue weighted by Gasteiger charge is 2.40. The Morgan fingerprint density at radius 2 is 1.78 bits per heavy atom. The summed E-state index contributed by atoms with van der Waals surface area (Å²) in [7, 11) is 0. The third-order valence-electron chi connectivity index (χ3n) is 5.09. The van der Waals surface area contributed by atoms with E-state index in [1.165, 1.54) is 19.3 Å². The first kappa shape index (κ1) is 14.3. The smallest absolute Gasteiger partial charge is 0.112 e. The Hall–Kier alpha value is -0.110. The maximum atomic E-state index is 15.1. The highest BCUT2D eigenvalue weighted by molar-refractivity contribution is 4.92. The summed E-state index contributed by atoms with van der Waals surface area (Å²) in [5, 5.41) is 3.50. The van der Waals surface area contributed by atoms with Gasteiger partial charge in [-0.1, -0.05) is 20.3 Å². The van der Waals surface area contributed by atoms with Gasteiger partial charge in [-0.25, -0.2) is 4.39 Å². The Morgan fingerprint density at radius 1 is 1.11 bits per heavy atom. The van der Waals surface area contributed by atoms with E-state index in [1.807, 2.05) is 6.92 Å². The molecule has 1 saturated carbocycles. The molecule has 4 atom stereocenters. The molecule has 0 aromatic heterocycles. The molecule has 4 unspecified atom stereocenters. The number of alkyl halides is 1. The molecule has 0 radical (unpaired) electrons. The molecule has 2 heteroatoms. The molecule has 1 N–H and O–H groups in total. The molecule has 1 aliphatic heterocycles. The summed E-state index contributed by atoms with van der Waals surface area (Å²) in [5.41, 5.74) is -0.974. The molecule has 1 heterocycles. The van der Waals surface area contributed by atoms with Crippen LogP contribution < -0.4 is 5.32 Å². The topological polar surface area (TPSA) is 12.0 Å². The Labute approximate surface area is 112 Å². The van der Waals surface area contributed by atoms with Gasteiger partial charge in [0.15, 0.2) is 0 Å². The highest BCUT2D eigenvalue weighted by atomic mass is 19.1. The number of hydrogen-bond donors (Lipinski definition) is 1. The van der Waals surface area contributed by atoms with Crippen LogP contribution in [0.5, 0.6) is 0 Å². The minimum atomic E-state index is -0.974. The van der Waals surface area contributed by atoms with Gasteiger partial charge in [-0.05, 0) is 69.7 Å². The second-order valence-corrected chi connectivity index (χ2v) is 7.24. The lowest BCUT2D eigenvalue weighted by Gasteiger charge is -2.41. The summed E-state index contributed by atoms with van der Waals surface area (Å²) in [5.74, 6) is 1.68. The summed E-state index contributed by atoms with van der Waals surface area (Å²) in [4.78, 5) is 0. The molecule has 18 heavy (non-hydrogen) atoms. The highest BCUT2D eigenvalue weighted by Crippen LogP contribution is 2.42. The first-order chi connectivity index (χ1) is 8.47. The second kappa shape index (κ2) is 5.90. The van der Waals surface area contributed by atoms with Crippen molar-refractivity contribution in [1.29, 1.82) is 0 Å². The molecule has 0 spiro atoms. The zero-order valence-electron chi connectivity index (χ0n) is 12.3. The molecule has 0 amide bonds. The van der Waals surface area contributed by atoms with Gasteiger partial charge < -0.3 is 5.32 Å². The SMILES string of the molecule is CC1CC(C)CC(C(C)(F)CC2CCCCN2)C1. The van der Waals surface area contributed by atoms with E-state index in [4.69, 9.17) is 0 Å². The van der Waals surface area contributed by atoms with E-state index in [2.05, 4.69) is 19.2 Å². The second-order valence-electron chi connectivity index (χ2n) is 7.24. The summed E-state index contributed by atoms with van der Waals surface area (Å²) >= 11 is 0. The molecule has 2 rings (SSSR count). The number of nitrogens with one attached hydrogen (secondary N) is 1. The van der Waals surface area contributed by atoms with Crippen LogP contribution in [0.15, 0.2) is 0 Å². The maximum Gasteiger partial charge on any atom is 0.112 e. The molecular formula is C16H30FN. The monoisotopic (exact) mass is 255 g/mol. The van der Waals surface area contributed by atoms with Crippen molar-refractivity contribution >= 4 is 0 Å². The zero-order valence-corrected chi connectivity index (χ0v) is 12.3. The van der Waals surface area contributed by atoms with Gasteiger partial charge in [-0.15, -0.1) is 0 Å². The minimum Gasteiger partial charge on any atom is -0.314 e. The predicted molar refractivity (Wildman–Crippen MR) is 75.4 cm³/mol. The lowest BCUT2D eigenvalue weighted by atomic mass is 9.69. The third kappa shape index (κ3) is 3.69. The van der Waals surface area contributed by atoms with Crippen LogP contribution in [0.2, 0.25) is 0 Å². The average molecular weight is 255 g/mol. The van der Waals surface area contributed by atoms with E-state index >= 15 is 4.39 Å². The summed E-state index contributed by atoms with van der Waals surface area (Å²) < 4.78 is 15.1. The lowest BCUT2D eigenvalue weighted by molar-refractivity contribution is 0.0252. The van der Waals surface area contributed by atoms with Gasteiger partial charge in [0.2, 0.25) is 0 Å². The van der Waals surface area contributed by atoms with Gasteiger partial charge >= 0.3 is 0 Å². The van der Waals surface area contributed by atoms with Gasteiger partial charge in [0, 0.05) is 6.04 Å². The largest absolute Gasteiger partial charge is 0.314 e. The molecule has 0 aromatic carbocycles. The number of halogens is 1. The summed E-state index contributed by atoms with van der Waals surface area (Å²) in [6.07, 6.45) is 7.87. The molecular weight excluding hydrogens is 225 g/mol. The van der Waals surface area contributed by atoms with Crippen LogP contribution in [0.3, 0.4) is 0 Å². The fourth-order valence-electron chi connectivity index (χ4n) is 4.19. The molecule has 1 aliphatic carbocycles. The quantitative estimate of drug-likeness (QED) is 0.792. The van der Waals surface area contributed by atoms with Crippen LogP contribution in [-0.2, 0) is 0 Å². The van der Waals surface area contributed by atoms with Gasteiger partial charge in [-0.2, -0.15) is 0 Å². The Bertz CT molecular complexity index is 248. The third-order valence-corrected chi connectivity index (χ3v) is 5.09. The van der Waals surface area contributed by atoms with E-state index in [9.17, 15) is 0 Å². The molecule has 106 valence electrons. The number of hydrogen-bond acceptors (Lipinski definition) is 1. The van der Waals surface area contributed by atoms with Crippen molar-refractivity contribution in [2.24, 2.45) is 17.8 Å². The molecule has 0 bridgehead atoms.